The predicted octanol–water partition coefficient (Wildman–Crippen LogP) is 1.94. The summed E-state index contributed by atoms with van der Waals surface area (Å²) in [6.45, 7) is 5.55. The summed E-state index contributed by atoms with van der Waals surface area (Å²) in [5.74, 6) is 0. The van der Waals surface area contributed by atoms with Crippen molar-refractivity contribution < 1.29 is 4.74 Å². The molecule has 0 radical (unpaired) electrons. The molecule has 2 atom stereocenters. The Balaban J connectivity index is 1.58. The lowest BCUT2D eigenvalue weighted by atomic mass is 10.1. The van der Waals surface area contributed by atoms with Crippen LogP contribution in [0.25, 0.3) is 0 Å². The molecule has 0 aliphatic carbocycles. The lowest BCUT2D eigenvalue weighted by Crippen LogP contribution is -2.36. The first-order valence-electron chi connectivity index (χ1n) is 6.34. The predicted molar refractivity (Wildman–Crippen MR) is 63.3 cm³/mol. The molecule has 1 fully saturated rings. The minimum atomic E-state index is 0.468. The smallest absolute Gasteiger partial charge is 0.0706 e. The number of nitrogens with zero attached hydrogens (tertiary/aromatic N) is 1. The number of H-pyrrole nitrogens is 1. The van der Waals surface area contributed by atoms with Crippen LogP contribution in [-0.2, 0) is 17.7 Å². The van der Waals surface area contributed by atoms with Crippen LogP contribution in [0.2, 0.25) is 0 Å². The Bertz CT molecular complexity index is 361. The molecule has 0 bridgehead atoms. The number of hydrogen-bond acceptors (Lipinski definition) is 2. The summed E-state index contributed by atoms with van der Waals surface area (Å²) in [5.41, 5.74) is 2.90. The van der Waals surface area contributed by atoms with E-state index in [0.29, 0.717) is 12.2 Å². The molecule has 1 aromatic rings. The fourth-order valence-electron chi connectivity index (χ4n) is 2.87. The second kappa shape index (κ2) is 4.22. The Morgan fingerprint density at radius 1 is 1.50 bits per heavy atom. The van der Waals surface area contributed by atoms with Crippen LogP contribution < -0.4 is 0 Å². The Morgan fingerprint density at radius 2 is 2.44 bits per heavy atom. The molecule has 3 heteroatoms. The van der Waals surface area contributed by atoms with Crippen molar-refractivity contribution in [2.45, 2.75) is 44.9 Å². The highest BCUT2D eigenvalue weighted by Crippen LogP contribution is 2.23. The van der Waals surface area contributed by atoms with Crippen molar-refractivity contribution in [3.05, 3.63) is 23.5 Å². The SMILES string of the molecule is C[C@@H]1CC[C@H](CN2CCc3[nH]ccc3C2)O1. The third kappa shape index (κ3) is 2.02. The summed E-state index contributed by atoms with van der Waals surface area (Å²) in [7, 11) is 0. The maximum absolute atomic E-state index is 5.88. The highest BCUT2D eigenvalue weighted by atomic mass is 16.5. The van der Waals surface area contributed by atoms with E-state index in [0.717, 1.165) is 19.5 Å². The van der Waals surface area contributed by atoms with E-state index in [9.17, 15) is 0 Å². The minimum absolute atomic E-state index is 0.468. The van der Waals surface area contributed by atoms with Gasteiger partial charge in [0.25, 0.3) is 0 Å². The van der Waals surface area contributed by atoms with E-state index in [1.54, 1.807) is 0 Å². The van der Waals surface area contributed by atoms with Crippen LogP contribution in [0.3, 0.4) is 0 Å². The fourth-order valence-corrected chi connectivity index (χ4v) is 2.87. The average molecular weight is 220 g/mol. The molecule has 1 saturated heterocycles. The first-order valence-corrected chi connectivity index (χ1v) is 6.34. The van der Waals surface area contributed by atoms with Crippen LogP contribution in [0.15, 0.2) is 12.3 Å². The monoisotopic (exact) mass is 220 g/mol. The standard InChI is InChI=1S/C13H20N2O/c1-10-2-3-12(16-10)9-15-7-5-13-11(8-15)4-6-14-13/h4,6,10,12,14H,2-3,5,7-9H2,1H3/t10-,12-/m1/s1. The summed E-state index contributed by atoms with van der Waals surface area (Å²) < 4.78 is 5.88. The molecule has 16 heavy (non-hydrogen) atoms. The second-order valence-corrected chi connectivity index (χ2v) is 5.11. The van der Waals surface area contributed by atoms with Crippen LogP contribution in [0.1, 0.15) is 31.0 Å². The van der Waals surface area contributed by atoms with E-state index in [1.165, 1.54) is 30.6 Å². The van der Waals surface area contributed by atoms with E-state index in [1.807, 2.05) is 0 Å². The van der Waals surface area contributed by atoms with E-state index >= 15 is 0 Å². The molecule has 0 unspecified atom stereocenters. The molecular formula is C13H20N2O. The van der Waals surface area contributed by atoms with Gasteiger partial charge in [-0.1, -0.05) is 0 Å². The first-order chi connectivity index (χ1) is 7.81. The molecule has 3 rings (SSSR count). The molecular weight excluding hydrogens is 200 g/mol. The second-order valence-electron chi connectivity index (χ2n) is 5.11. The van der Waals surface area contributed by atoms with Gasteiger partial charge < -0.3 is 9.72 Å². The third-order valence-electron chi connectivity index (χ3n) is 3.78. The Morgan fingerprint density at radius 3 is 3.25 bits per heavy atom. The minimum Gasteiger partial charge on any atom is -0.374 e. The van der Waals surface area contributed by atoms with Crippen LogP contribution >= 0.6 is 0 Å². The molecule has 3 heterocycles. The van der Waals surface area contributed by atoms with E-state index < -0.39 is 0 Å². The van der Waals surface area contributed by atoms with Gasteiger partial charge in [0.05, 0.1) is 12.2 Å². The molecule has 0 amide bonds. The van der Waals surface area contributed by atoms with Gasteiger partial charge in [-0.2, -0.15) is 0 Å². The molecule has 0 aromatic carbocycles. The molecule has 3 nitrogen and oxygen atoms in total. The molecule has 88 valence electrons. The summed E-state index contributed by atoms with van der Waals surface area (Å²) in [6, 6.07) is 2.21. The zero-order valence-corrected chi connectivity index (χ0v) is 9.91. The van der Waals surface area contributed by atoms with Crippen molar-refractivity contribution in [3.8, 4) is 0 Å². The molecule has 0 saturated carbocycles. The Hall–Kier alpha value is -0.800. The van der Waals surface area contributed by atoms with Crippen molar-refractivity contribution in [3.63, 3.8) is 0 Å². The quantitative estimate of drug-likeness (QED) is 0.825. The number of nitrogens with one attached hydrogen (secondary N) is 1. The summed E-state index contributed by atoms with van der Waals surface area (Å²) in [5, 5.41) is 0. The van der Waals surface area contributed by atoms with Crippen molar-refractivity contribution in [2.75, 3.05) is 13.1 Å². The number of rotatable bonds is 2. The van der Waals surface area contributed by atoms with Gasteiger partial charge in [-0.15, -0.1) is 0 Å². The van der Waals surface area contributed by atoms with Crippen LogP contribution in [-0.4, -0.2) is 35.2 Å². The van der Waals surface area contributed by atoms with Crippen molar-refractivity contribution >= 4 is 0 Å². The number of ether oxygens (including phenoxy) is 1. The normalized spacial score (nSPS) is 30.6. The van der Waals surface area contributed by atoms with Crippen LogP contribution in [0.5, 0.6) is 0 Å². The molecule has 1 aromatic heterocycles. The van der Waals surface area contributed by atoms with Gasteiger partial charge in [-0.3, -0.25) is 4.90 Å². The summed E-state index contributed by atoms with van der Waals surface area (Å²) >= 11 is 0. The van der Waals surface area contributed by atoms with E-state index in [4.69, 9.17) is 4.74 Å². The lowest BCUT2D eigenvalue weighted by Gasteiger charge is -2.29. The van der Waals surface area contributed by atoms with Gasteiger partial charge in [0.1, 0.15) is 0 Å². The Labute approximate surface area is 96.8 Å². The molecule has 2 aliphatic rings. The zero-order chi connectivity index (χ0) is 11.0. The number of aromatic nitrogens is 1. The van der Waals surface area contributed by atoms with Gasteiger partial charge in [0.15, 0.2) is 0 Å². The third-order valence-corrected chi connectivity index (χ3v) is 3.78. The number of hydrogen-bond donors (Lipinski definition) is 1. The Kier molecular flexibility index (Phi) is 2.74. The van der Waals surface area contributed by atoms with E-state index in [-0.39, 0.29) is 0 Å². The van der Waals surface area contributed by atoms with Crippen molar-refractivity contribution in [2.24, 2.45) is 0 Å². The highest BCUT2D eigenvalue weighted by molar-refractivity contribution is 5.22. The molecule has 2 aliphatic heterocycles. The zero-order valence-electron chi connectivity index (χ0n) is 9.91. The highest BCUT2D eigenvalue weighted by Gasteiger charge is 2.25. The largest absolute Gasteiger partial charge is 0.374 e. The maximum Gasteiger partial charge on any atom is 0.0706 e. The van der Waals surface area contributed by atoms with Gasteiger partial charge in [-0.05, 0) is 31.4 Å². The average Bonchev–Trinajstić information content (AvgIpc) is 2.87. The molecule has 1 N–H and O–H groups in total. The van der Waals surface area contributed by atoms with Crippen molar-refractivity contribution in [1.29, 1.82) is 0 Å². The van der Waals surface area contributed by atoms with E-state index in [2.05, 4.69) is 29.1 Å². The van der Waals surface area contributed by atoms with Crippen LogP contribution in [0, 0.1) is 0 Å². The van der Waals surface area contributed by atoms with Gasteiger partial charge >= 0.3 is 0 Å². The first kappa shape index (κ1) is 10.4. The van der Waals surface area contributed by atoms with Crippen LogP contribution in [0.4, 0.5) is 0 Å². The maximum atomic E-state index is 5.88. The van der Waals surface area contributed by atoms with Gasteiger partial charge in [0.2, 0.25) is 0 Å². The summed E-state index contributed by atoms with van der Waals surface area (Å²) in [4.78, 5) is 5.85. The van der Waals surface area contributed by atoms with Gasteiger partial charge in [-0.25, -0.2) is 0 Å². The van der Waals surface area contributed by atoms with Crippen molar-refractivity contribution in [1.82, 2.24) is 9.88 Å². The summed E-state index contributed by atoms with van der Waals surface area (Å²) in [6.07, 6.45) is 6.62. The number of aromatic amines is 1. The number of fused-ring (bicyclic) bond motifs is 1. The topological polar surface area (TPSA) is 28.3 Å². The van der Waals surface area contributed by atoms with Gasteiger partial charge in [0, 0.05) is 37.9 Å². The molecule has 0 spiro atoms. The lowest BCUT2D eigenvalue weighted by molar-refractivity contribution is 0.0286. The fraction of sp³-hybridized carbons (Fsp3) is 0.692.